The van der Waals surface area contributed by atoms with E-state index in [1.165, 1.54) is 36.8 Å². The summed E-state index contributed by atoms with van der Waals surface area (Å²) in [5, 5.41) is 22.4. The maximum absolute atomic E-state index is 11.3. The molecular formula is C35H54O2. The molecule has 0 heterocycles. The van der Waals surface area contributed by atoms with Gasteiger partial charge in [-0.05, 0) is 133 Å². The highest BCUT2D eigenvalue weighted by atomic mass is 16.3. The molecule has 0 aliphatic heterocycles. The third-order valence-corrected chi connectivity index (χ3v) is 11.9. The number of aromatic hydroxyl groups is 1. The van der Waals surface area contributed by atoms with Crippen LogP contribution in [0, 0.1) is 35.0 Å². The first-order chi connectivity index (χ1) is 17.2. The van der Waals surface area contributed by atoms with Gasteiger partial charge in [-0.15, -0.1) is 0 Å². The summed E-state index contributed by atoms with van der Waals surface area (Å²) < 4.78 is 0. The van der Waals surface area contributed by atoms with Gasteiger partial charge in [-0.1, -0.05) is 72.6 Å². The Morgan fingerprint density at radius 2 is 1.70 bits per heavy atom. The van der Waals surface area contributed by atoms with Crippen LogP contribution in [0.3, 0.4) is 0 Å². The van der Waals surface area contributed by atoms with Crippen molar-refractivity contribution in [3.05, 3.63) is 40.5 Å². The summed E-state index contributed by atoms with van der Waals surface area (Å²) in [5.41, 5.74) is 5.67. The van der Waals surface area contributed by atoms with Crippen molar-refractivity contribution in [1.82, 2.24) is 0 Å². The second-order valence-electron chi connectivity index (χ2n) is 15.5. The van der Waals surface area contributed by atoms with Gasteiger partial charge in [0.2, 0.25) is 0 Å². The summed E-state index contributed by atoms with van der Waals surface area (Å²) in [7, 11) is 0. The molecule has 4 aliphatic rings. The first-order valence-corrected chi connectivity index (χ1v) is 15.5. The summed E-state index contributed by atoms with van der Waals surface area (Å²) in [4.78, 5) is 0. The third-order valence-electron chi connectivity index (χ3n) is 11.9. The molecule has 0 amide bonds. The molecule has 2 N–H and O–H groups in total. The predicted octanol–water partition coefficient (Wildman–Crippen LogP) is 9.25. The van der Waals surface area contributed by atoms with E-state index in [2.05, 4.69) is 73.6 Å². The van der Waals surface area contributed by atoms with Crippen LogP contribution < -0.4 is 0 Å². The number of phenolic OH excluding ortho intramolecular Hbond substituents is 1. The quantitative estimate of drug-likeness (QED) is 0.399. The molecule has 7 atom stereocenters. The van der Waals surface area contributed by atoms with Gasteiger partial charge >= 0.3 is 0 Å². The molecule has 4 aliphatic carbocycles. The minimum absolute atomic E-state index is 0.150. The summed E-state index contributed by atoms with van der Waals surface area (Å²) in [6, 6.07) is 4.58. The van der Waals surface area contributed by atoms with Crippen LogP contribution in [0.1, 0.15) is 142 Å². The lowest BCUT2D eigenvalue weighted by Gasteiger charge is -2.56. The van der Waals surface area contributed by atoms with Crippen LogP contribution in [-0.4, -0.2) is 15.8 Å². The van der Waals surface area contributed by atoms with Crippen LogP contribution in [0.25, 0.3) is 0 Å². The molecule has 2 heteroatoms. The Morgan fingerprint density at radius 3 is 2.38 bits per heavy atom. The van der Waals surface area contributed by atoms with E-state index in [-0.39, 0.29) is 5.41 Å². The number of hydrogen-bond acceptors (Lipinski definition) is 2. The van der Waals surface area contributed by atoms with Crippen molar-refractivity contribution >= 4 is 0 Å². The molecular weight excluding hydrogens is 452 g/mol. The fourth-order valence-corrected chi connectivity index (χ4v) is 9.80. The van der Waals surface area contributed by atoms with E-state index in [1.807, 2.05) is 0 Å². The molecule has 5 rings (SSSR count). The van der Waals surface area contributed by atoms with Gasteiger partial charge in [0.25, 0.3) is 0 Å². The lowest BCUT2D eigenvalue weighted by Crippen LogP contribution is -2.49. The monoisotopic (exact) mass is 506 g/mol. The maximum Gasteiger partial charge on any atom is 0.119 e. The minimum Gasteiger partial charge on any atom is -0.508 e. The zero-order chi connectivity index (χ0) is 26.9. The molecule has 37 heavy (non-hydrogen) atoms. The molecule has 2 fully saturated rings. The van der Waals surface area contributed by atoms with Gasteiger partial charge in [0.15, 0.2) is 0 Å². The SMILES string of the molecule is CC(C)c1cc2c(cc1O)C1(C)CCCC(C)(C)[C@@H]1C[C@H]2CC1=C[C@H]2[C@@H](CC1)[C@](C)(O)CC[C@H]2C(C)C. The lowest BCUT2D eigenvalue weighted by atomic mass is 9.48. The normalized spacial score (nSPS) is 39.1. The zero-order valence-corrected chi connectivity index (χ0v) is 25.0. The topological polar surface area (TPSA) is 40.5 Å². The van der Waals surface area contributed by atoms with E-state index in [9.17, 15) is 10.2 Å². The van der Waals surface area contributed by atoms with Crippen LogP contribution in [0.4, 0.5) is 0 Å². The first-order valence-electron chi connectivity index (χ1n) is 15.5. The molecule has 1 aromatic carbocycles. The van der Waals surface area contributed by atoms with Crippen molar-refractivity contribution in [2.24, 2.45) is 35.0 Å². The second kappa shape index (κ2) is 9.42. The fourth-order valence-electron chi connectivity index (χ4n) is 9.80. The number of aliphatic hydroxyl groups is 1. The van der Waals surface area contributed by atoms with Crippen molar-refractivity contribution in [2.75, 3.05) is 0 Å². The molecule has 1 aromatic rings. The van der Waals surface area contributed by atoms with Gasteiger partial charge in [-0.2, -0.15) is 0 Å². The molecule has 0 saturated heterocycles. The van der Waals surface area contributed by atoms with E-state index in [1.54, 1.807) is 5.57 Å². The Morgan fingerprint density at radius 1 is 0.973 bits per heavy atom. The number of fused-ring (bicyclic) bond motifs is 4. The van der Waals surface area contributed by atoms with Crippen molar-refractivity contribution in [1.29, 1.82) is 0 Å². The molecule has 2 nitrogen and oxygen atoms in total. The highest BCUT2D eigenvalue weighted by Crippen LogP contribution is 2.61. The van der Waals surface area contributed by atoms with Gasteiger partial charge in [-0.25, -0.2) is 0 Å². The Kier molecular flexibility index (Phi) is 6.95. The van der Waals surface area contributed by atoms with E-state index in [0.29, 0.717) is 52.6 Å². The number of allylic oxidation sites excluding steroid dienone is 2. The zero-order valence-electron chi connectivity index (χ0n) is 25.0. The van der Waals surface area contributed by atoms with Crippen molar-refractivity contribution in [3.63, 3.8) is 0 Å². The minimum atomic E-state index is -0.521. The molecule has 1 unspecified atom stereocenters. The Balaban J connectivity index is 1.54. The van der Waals surface area contributed by atoms with E-state index >= 15 is 0 Å². The third kappa shape index (κ3) is 4.62. The summed E-state index contributed by atoms with van der Waals surface area (Å²) in [6.45, 7) is 18.8. The van der Waals surface area contributed by atoms with Crippen molar-refractivity contribution in [3.8, 4) is 5.75 Å². The van der Waals surface area contributed by atoms with Crippen molar-refractivity contribution < 1.29 is 10.2 Å². The number of benzene rings is 1. The van der Waals surface area contributed by atoms with Gasteiger partial charge in [0, 0.05) is 0 Å². The van der Waals surface area contributed by atoms with Crippen LogP contribution in [-0.2, 0) is 5.41 Å². The molecule has 0 bridgehead atoms. The van der Waals surface area contributed by atoms with E-state index < -0.39 is 5.60 Å². The van der Waals surface area contributed by atoms with E-state index in [0.717, 1.165) is 37.7 Å². The van der Waals surface area contributed by atoms with Crippen LogP contribution in [0.15, 0.2) is 23.8 Å². The largest absolute Gasteiger partial charge is 0.508 e. The molecule has 0 aromatic heterocycles. The highest BCUT2D eigenvalue weighted by Gasteiger charge is 2.52. The van der Waals surface area contributed by atoms with Gasteiger partial charge < -0.3 is 10.2 Å². The van der Waals surface area contributed by atoms with Gasteiger partial charge in [-0.3, -0.25) is 0 Å². The van der Waals surface area contributed by atoms with Crippen LogP contribution in [0.2, 0.25) is 0 Å². The smallest absolute Gasteiger partial charge is 0.119 e. The average Bonchev–Trinajstić information content (AvgIpc) is 2.79. The predicted molar refractivity (Wildman–Crippen MR) is 155 cm³/mol. The van der Waals surface area contributed by atoms with E-state index in [4.69, 9.17) is 0 Å². The molecule has 0 radical (unpaired) electrons. The Bertz CT molecular complexity index is 1040. The lowest BCUT2D eigenvalue weighted by molar-refractivity contribution is -0.0809. The highest BCUT2D eigenvalue weighted by molar-refractivity contribution is 5.50. The van der Waals surface area contributed by atoms with Crippen molar-refractivity contribution in [2.45, 2.75) is 136 Å². The molecule has 2 saturated carbocycles. The molecule has 0 spiro atoms. The fraction of sp³-hybridized carbons (Fsp3) is 0.771. The summed E-state index contributed by atoms with van der Waals surface area (Å²) >= 11 is 0. The number of phenols is 1. The Hall–Kier alpha value is -1.28. The number of hydrogen-bond donors (Lipinski definition) is 2. The van der Waals surface area contributed by atoms with Crippen LogP contribution in [0.5, 0.6) is 5.75 Å². The summed E-state index contributed by atoms with van der Waals surface area (Å²) in [6.07, 6.45) is 13.2. The summed E-state index contributed by atoms with van der Waals surface area (Å²) in [5.74, 6) is 4.25. The maximum atomic E-state index is 11.3. The molecule has 206 valence electrons. The van der Waals surface area contributed by atoms with Gasteiger partial charge in [0.1, 0.15) is 5.75 Å². The number of rotatable bonds is 4. The standard InChI is InChI=1S/C35H54O2/c1-21(2)25-12-15-35(8,37)29-11-10-23(17-28(25)29)16-24-18-32-33(5,6)13-9-14-34(32,7)30-20-31(36)26(22(3)4)19-27(24)30/h17,19-22,24-25,28-29,32,36-37H,9-16,18H2,1-8H3/t24-,25+,28-,29-,32+,34?,35-/m1/s1. The first kappa shape index (κ1) is 27.3. The average molecular weight is 507 g/mol. The van der Waals surface area contributed by atoms with Crippen LogP contribution >= 0.6 is 0 Å². The second-order valence-corrected chi connectivity index (χ2v) is 15.5. The van der Waals surface area contributed by atoms with Gasteiger partial charge in [0.05, 0.1) is 5.60 Å². The Labute approximate surface area is 227 Å².